The van der Waals surface area contributed by atoms with Crippen LogP contribution in [0.15, 0.2) is 54.6 Å². The number of aromatic hydroxyl groups is 6. The van der Waals surface area contributed by atoms with E-state index in [1.807, 2.05) is 0 Å². The van der Waals surface area contributed by atoms with Gasteiger partial charge in [-0.2, -0.15) is 0 Å². The van der Waals surface area contributed by atoms with Gasteiger partial charge in [0.05, 0.1) is 188 Å². The van der Waals surface area contributed by atoms with E-state index in [-0.39, 0.29) is 69.3 Å². The molecule has 6 aromatic carbocycles. The Morgan fingerprint density at radius 3 is 0.892 bits per heavy atom. The van der Waals surface area contributed by atoms with Crippen molar-refractivity contribution in [1.29, 1.82) is 0 Å². The van der Waals surface area contributed by atoms with Crippen LogP contribution in [0, 0.1) is 0 Å². The minimum absolute atomic E-state index is 0.0172. The molecule has 3 aliphatic heterocycles. The highest BCUT2D eigenvalue weighted by atomic mass is 16.7. The lowest BCUT2D eigenvalue weighted by Crippen LogP contribution is -2.53. The fraction of sp³-hybridized carbons (Fsp3) is 0.483. The van der Waals surface area contributed by atoms with Gasteiger partial charge in [-0.15, -0.1) is 0 Å². The molecule has 3 fully saturated rings. The minimum Gasteiger partial charge on any atom is -0.507 e. The van der Waals surface area contributed by atoms with Gasteiger partial charge in [0, 0.05) is 126 Å². The largest absolute Gasteiger partial charge is 0.507 e. The van der Waals surface area contributed by atoms with E-state index in [2.05, 4.69) is 0 Å². The fourth-order valence-electron chi connectivity index (χ4n) is 18.0. The van der Waals surface area contributed by atoms with Crippen LogP contribution < -0.4 is 31.4 Å². The van der Waals surface area contributed by atoms with Crippen LogP contribution >= 0.6 is 0 Å². The first-order valence-electron chi connectivity index (χ1n) is 44.7. The summed E-state index contributed by atoms with van der Waals surface area (Å²) in [6.07, 6.45) is -23.3. The quantitative estimate of drug-likeness (QED) is 0.0294. The average Bonchev–Trinajstić information content (AvgIpc) is 0.715. The predicted octanol–water partition coefficient (Wildman–Crippen LogP) is -1.87. The van der Waals surface area contributed by atoms with E-state index in [0.29, 0.717) is 0 Å². The molecular formula is C87H101N3O40. The van der Waals surface area contributed by atoms with Crippen LogP contribution in [0.2, 0.25) is 0 Å². The Hall–Kier alpha value is -10.9. The Balaban J connectivity index is 0.000000175. The SMILES string of the molecule is O=C(O)CC(O)(CC(=O)O)C(=O)O.[2H][13C]([2H])([2H])Oc1cccc2c1C(=O)c1c(O)c3c(c(O)c1C2=O)C[C@@](O)([C@H](O)CO)C[C@@H]3O[C@H]1CC(N)[C@H](O)[C@H](C)O1.[2H][13C]([2H])([2H])Oc1cccc2c1C(=O)c1c(O)c3c(c(O)c1C2=O)C[C@@](O)([C@H](O)CO)C[C@@H]3O[C@H]1CC(N)[C@H](O)[C@H](C)O1.[2H][13C]([2H])([2H])Oc1cccc2c1C(=O)c1c(O)c3c(c(O)c1C2=O)C[C@@](O)([C@H](O)CO)C[C@@H]3O[C@H]1C[C@@H](N)[C@@H](O)[C@H](C)O1. The second-order valence-electron chi connectivity index (χ2n) is 33.2. The number of ether oxygens (including phenoxy) is 9. The smallest absolute Gasteiger partial charge is 0.336 e. The van der Waals surface area contributed by atoms with Gasteiger partial charge in [-0.25, -0.2) is 4.79 Å². The third kappa shape index (κ3) is 17.6. The molecule has 3 heterocycles. The summed E-state index contributed by atoms with van der Waals surface area (Å²) in [6, 6.07) is 8.82. The zero-order valence-corrected chi connectivity index (χ0v) is 68.9. The van der Waals surface area contributed by atoms with E-state index in [1.54, 1.807) is 20.8 Å². The Morgan fingerprint density at radius 1 is 0.431 bits per heavy atom. The summed E-state index contributed by atoms with van der Waals surface area (Å²) in [6.45, 7) is 2.05. The molecule has 6 aliphatic carbocycles. The summed E-state index contributed by atoms with van der Waals surface area (Å²) in [5.74, 6) is -16.7. The number of fused-ring (bicyclic) bond motifs is 9. The number of aliphatic hydroxyl groups excluding tert-OH is 9. The molecule has 0 amide bonds. The minimum atomic E-state index is -2.97. The highest BCUT2D eigenvalue weighted by Crippen LogP contribution is 2.58. The maximum absolute atomic E-state index is 13.8. The second-order valence-corrected chi connectivity index (χ2v) is 33.2. The number of carboxylic acids is 3. The van der Waals surface area contributed by atoms with Crippen LogP contribution in [-0.4, -0.2) is 320 Å². The molecule has 3 saturated heterocycles. The fourth-order valence-corrected chi connectivity index (χ4v) is 18.0. The highest BCUT2D eigenvalue weighted by molar-refractivity contribution is 6.33. The topological polar surface area (TPSA) is 760 Å². The lowest BCUT2D eigenvalue weighted by molar-refractivity contribution is -0.251. The summed E-state index contributed by atoms with van der Waals surface area (Å²) in [5.41, 5.74) is 1.94. The van der Waals surface area contributed by atoms with Crippen LogP contribution in [0.1, 0.15) is 232 Å². The Labute approximate surface area is 749 Å². The number of aliphatic hydroxyl groups is 13. The number of ketones is 6. The summed E-state index contributed by atoms with van der Waals surface area (Å²) in [5, 5.41) is 228. The molecule has 0 spiro atoms. The lowest BCUT2D eigenvalue weighted by Gasteiger charge is -2.44. The van der Waals surface area contributed by atoms with Gasteiger partial charge in [0.2, 0.25) is 17.3 Å². The number of rotatable bonds is 20. The lowest BCUT2D eigenvalue weighted by atomic mass is 9.71. The molecular weight excluding hydrogens is 1730 g/mol. The second kappa shape index (κ2) is 37.7. The number of carbonyl (C=O) groups excluding carboxylic acids is 6. The maximum atomic E-state index is 13.8. The van der Waals surface area contributed by atoms with Crippen LogP contribution in [0.5, 0.6) is 51.7 Å². The number of phenolic OH excluding ortho intramolecular Hbond substituents is 6. The van der Waals surface area contributed by atoms with Crippen LogP contribution in [-0.2, 0) is 62.1 Å². The number of methoxy groups -OCH3 is 3. The monoisotopic (exact) mass is 1840 g/mol. The van der Waals surface area contributed by atoms with Gasteiger partial charge in [-0.3, -0.25) is 38.4 Å². The number of phenols is 6. The Morgan fingerprint density at radius 2 is 0.677 bits per heavy atom. The molecule has 43 nitrogen and oxygen atoms in total. The van der Waals surface area contributed by atoms with Crippen molar-refractivity contribution >= 4 is 52.6 Å². The molecule has 2 unspecified atom stereocenters. The van der Waals surface area contributed by atoms with E-state index < -0.39 is 379 Å². The number of hydrogen-bond acceptors (Lipinski definition) is 40. The standard InChI is InChI=1S/3C27H31NO11.C6H8O7/c3*1-10-22(31)13(28)6-17(38-10)39-15-8-27(36,16(30)9-29)7-12-19(15)26(35)21-20(24(12)33)23(32)11-4-3-5-14(37-2)18(11)25(21)34;7-3(8)1-6(13,5(11)12)2-4(9)10/h3*3-5,10,13,15-17,22,29-31,33,35-36H,6-9,28H2,1-2H3;13H,1-2H2,(H,7,8)(H,9,10)(H,11,12)/t2*10-,13?,15-,16+,17-,22+,27-;10-,13+,15-,16+,17-,22-,27-;/m000./s1/i3*2+1D3;. The predicted molar refractivity (Wildman–Crippen MR) is 435 cm³/mol. The molecule has 21 atom stereocenters. The van der Waals surface area contributed by atoms with E-state index in [4.69, 9.17) is 92.6 Å². The summed E-state index contributed by atoms with van der Waals surface area (Å²) in [4.78, 5) is 113. The van der Waals surface area contributed by atoms with Gasteiger partial charge in [-0.1, -0.05) is 36.4 Å². The molecule has 9 aliphatic rings. The number of carbonyl (C=O) groups is 9. The van der Waals surface area contributed by atoms with E-state index in [1.165, 1.54) is 54.6 Å². The Kier molecular flexibility index (Phi) is 24.9. The van der Waals surface area contributed by atoms with Crippen molar-refractivity contribution in [2.45, 2.75) is 224 Å². The Bertz CT molecular complexity index is 5320. The average molecular weight is 1840 g/mol. The first kappa shape index (κ1) is 85.8. The molecule has 0 radical (unpaired) electrons. The zero-order chi connectivity index (χ0) is 103. The molecule has 0 bridgehead atoms. The van der Waals surface area contributed by atoms with Crippen molar-refractivity contribution < 1.29 is 210 Å². The highest BCUT2D eigenvalue weighted by Gasteiger charge is 2.56. The van der Waals surface area contributed by atoms with Gasteiger partial charge in [-0.05, 0) is 39.0 Å². The molecule has 43 heteroatoms. The third-order valence-corrected chi connectivity index (χ3v) is 24.9. The summed E-state index contributed by atoms with van der Waals surface area (Å²) < 4.78 is 117. The van der Waals surface area contributed by atoms with Crippen LogP contribution in [0.25, 0.3) is 0 Å². The maximum Gasteiger partial charge on any atom is 0.336 e. The third-order valence-electron chi connectivity index (χ3n) is 24.9. The van der Waals surface area contributed by atoms with Gasteiger partial charge >= 0.3 is 17.9 Å². The molecule has 6 aromatic rings. The summed E-state index contributed by atoms with van der Waals surface area (Å²) >= 11 is 0. The number of carboxylic acid groups (broad SMARTS) is 3. The zero-order valence-electron chi connectivity index (χ0n) is 77.9. The molecule has 15 rings (SSSR count). The first-order valence-corrected chi connectivity index (χ1v) is 40.2. The molecule has 0 aromatic heterocycles. The number of benzene rings is 6. The van der Waals surface area contributed by atoms with Crippen molar-refractivity contribution in [2.24, 2.45) is 17.2 Å². The number of nitrogens with two attached hydrogens (primary N) is 3. The molecule has 28 N–H and O–H groups in total. The van der Waals surface area contributed by atoms with E-state index >= 15 is 0 Å². The van der Waals surface area contributed by atoms with Crippen molar-refractivity contribution in [3.63, 3.8) is 0 Å². The van der Waals surface area contributed by atoms with Crippen LogP contribution in [0.4, 0.5) is 0 Å². The van der Waals surface area contributed by atoms with E-state index in [9.17, 15) is 135 Å². The van der Waals surface area contributed by atoms with Gasteiger partial charge in [0.1, 0.15) is 70.1 Å². The normalized spacial score (nSPS) is 30.1. The molecule has 704 valence electrons. The summed E-state index contributed by atoms with van der Waals surface area (Å²) in [7, 11) is -8.91. The molecule has 0 saturated carbocycles. The van der Waals surface area contributed by atoms with Gasteiger partial charge < -0.3 is 172 Å². The van der Waals surface area contributed by atoms with Crippen molar-refractivity contribution in [3.8, 4) is 51.7 Å². The number of aliphatic carboxylic acids is 3. The van der Waals surface area contributed by atoms with Crippen LogP contribution in [0.3, 0.4) is 0 Å². The van der Waals surface area contributed by atoms with Crippen molar-refractivity contribution in [1.82, 2.24) is 0 Å². The van der Waals surface area contributed by atoms with Crippen molar-refractivity contribution in [2.75, 3.05) is 40.9 Å². The first-order chi connectivity index (χ1) is 64.5. The van der Waals surface area contributed by atoms with Gasteiger partial charge in [0.25, 0.3) is 0 Å². The van der Waals surface area contributed by atoms with Gasteiger partial charge in [0.15, 0.2) is 41.8 Å². The number of hydrogen-bond donors (Lipinski definition) is 25. The molecule has 130 heavy (non-hydrogen) atoms. The van der Waals surface area contributed by atoms with E-state index in [0.717, 1.165) is 0 Å². The van der Waals surface area contributed by atoms with Crippen molar-refractivity contribution in [3.05, 3.63) is 155 Å².